The number of unbranched alkanes of at least 4 members (excludes halogenated alkanes) is 1. The summed E-state index contributed by atoms with van der Waals surface area (Å²) in [7, 11) is 1.68. The SMILES string of the molecule is CC.CNC(CCCCNC(=O)OCCN(N)/C1=C(\N)c2ccccc2N(C(=O)CCC(=O)NCC(C)OCCC(C)C)Cc2ccccc21)C(N)=O. The van der Waals surface area contributed by atoms with E-state index in [9.17, 15) is 19.2 Å². The fraction of sp³-hybridized carbons (Fsp3) is 0.538. The molecule has 1 aliphatic heterocycles. The Morgan fingerprint density at radius 3 is 2.26 bits per heavy atom. The van der Waals surface area contributed by atoms with Crippen molar-refractivity contribution in [3.63, 3.8) is 0 Å². The van der Waals surface area contributed by atoms with Crippen LogP contribution in [0.2, 0.25) is 0 Å². The first-order valence-electron chi connectivity index (χ1n) is 18.7. The number of ether oxygens (including phenoxy) is 2. The van der Waals surface area contributed by atoms with Gasteiger partial charge in [0.2, 0.25) is 17.7 Å². The number of alkyl carbamates (subject to hydrolysis) is 1. The third-order valence-corrected chi connectivity index (χ3v) is 8.63. The summed E-state index contributed by atoms with van der Waals surface area (Å²) in [6, 6.07) is 14.4. The zero-order chi connectivity index (χ0) is 39.3. The summed E-state index contributed by atoms with van der Waals surface area (Å²) in [5.41, 5.74) is 15.8. The lowest BCUT2D eigenvalue weighted by Gasteiger charge is -2.33. The topological polar surface area (TPSA) is 207 Å². The number of hydrazine groups is 1. The molecule has 2 aromatic carbocycles. The molecule has 2 unspecified atom stereocenters. The summed E-state index contributed by atoms with van der Waals surface area (Å²) in [5.74, 6) is 6.29. The second-order valence-corrected chi connectivity index (χ2v) is 13.1. The predicted octanol–water partition coefficient (Wildman–Crippen LogP) is 3.84. The minimum Gasteiger partial charge on any atom is -0.448 e. The monoisotopic (exact) mass is 738 g/mol. The maximum absolute atomic E-state index is 13.7. The zero-order valence-electron chi connectivity index (χ0n) is 32.4. The number of fused-ring (bicyclic) bond motifs is 2. The maximum Gasteiger partial charge on any atom is 0.407 e. The summed E-state index contributed by atoms with van der Waals surface area (Å²) in [6.45, 7) is 11.9. The van der Waals surface area contributed by atoms with E-state index in [1.54, 1.807) is 11.9 Å². The van der Waals surface area contributed by atoms with Gasteiger partial charge in [0.1, 0.15) is 6.61 Å². The van der Waals surface area contributed by atoms with E-state index >= 15 is 0 Å². The van der Waals surface area contributed by atoms with Crippen LogP contribution in [0.5, 0.6) is 0 Å². The number of para-hydroxylation sites is 1. The number of primary amides is 1. The van der Waals surface area contributed by atoms with E-state index in [0.717, 1.165) is 17.5 Å². The van der Waals surface area contributed by atoms with Gasteiger partial charge in [-0.1, -0.05) is 70.2 Å². The van der Waals surface area contributed by atoms with E-state index in [2.05, 4.69) is 29.8 Å². The number of rotatable bonds is 20. The van der Waals surface area contributed by atoms with Crippen molar-refractivity contribution >= 4 is 40.9 Å². The molecule has 0 bridgehead atoms. The first-order valence-corrected chi connectivity index (χ1v) is 18.7. The average Bonchev–Trinajstić information content (AvgIpc) is 3.14. The first-order chi connectivity index (χ1) is 25.4. The van der Waals surface area contributed by atoms with Crippen LogP contribution in [0.1, 0.15) is 89.8 Å². The molecule has 0 fully saturated rings. The molecule has 14 heteroatoms. The number of benzene rings is 2. The molecule has 2 atom stereocenters. The molecule has 53 heavy (non-hydrogen) atoms. The quantitative estimate of drug-likeness (QED) is 0.0658. The molecule has 0 saturated carbocycles. The van der Waals surface area contributed by atoms with Crippen LogP contribution in [0, 0.1) is 5.92 Å². The van der Waals surface area contributed by atoms with Crippen molar-refractivity contribution < 1.29 is 28.7 Å². The number of hydrogen-bond acceptors (Lipinski definition) is 10. The molecule has 0 spiro atoms. The fourth-order valence-electron chi connectivity index (χ4n) is 5.64. The highest BCUT2D eigenvalue weighted by atomic mass is 16.5. The minimum absolute atomic E-state index is 0.00760. The molecule has 0 aromatic heterocycles. The third-order valence-electron chi connectivity index (χ3n) is 8.63. The number of nitrogens with zero attached hydrogens (tertiary/aromatic N) is 2. The Kier molecular flexibility index (Phi) is 20.0. The lowest BCUT2D eigenvalue weighted by atomic mass is 9.95. The molecule has 9 N–H and O–H groups in total. The van der Waals surface area contributed by atoms with Crippen molar-refractivity contribution in [1.29, 1.82) is 0 Å². The van der Waals surface area contributed by atoms with Gasteiger partial charge in [0.25, 0.3) is 0 Å². The van der Waals surface area contributed by atoms with E-state index in [4.69, 9.17) is 26.8 Å². The summed E-state index contributed by atoms with van der Waals surface area (Å²) in [4.78, 5) is 51.7. The second-order valence-electron chi connectivity index (χ2n) is 13.1. The van der Waals surface area contributed by atoms with Crippen molar-refractivity contribution in [1.82, 2.24) is 21.0 Å². The Morgan fingerprint density at radius 1 is 0.906 bits per heavy atom. The normalized spacial score (nSPS) is 14.7. The number of carbonyl (C=O) groups excluding carboxylic acids is 4. The van der Waals surface area contributed by atoms with Crippen molar-refractivity contribution in [3.05, 3.63) is 65.2 Å². The third kappa shape index (κ3) is 14.7. The summed E-state index contributed by atoms with van der Waals surface area (Å²) < 4.78 is 11.1. The van der Waals surface area contributed by atoms with Crippen LogP contribution in [0.3, 0.4) is 0 Å². The molecule has 0 aliphatic carbocycles. The van der Waals surface area contributed by atoms with Crippen molar-refractivity contribution in [2.24, 2.45) is 23.2 Å². The number of amides is 4. The highest BCUT2D eigenvalue weighted by Gasteiger charge is 2.28. The van der Waals surface area contributed by atoms with Gasteiger partial charge in [0.15, 0.2) is 0 Å². The van der Waals surface area contributed by atoms with Crippen LogP contribution in [0.25, 0.3) is 11.4 Å². The summed E-state index contributed by atoms with van der Waals surface area (Å²) in [6.07, 6.45) is 2.21. The summed E-state index contributed by atoms with van der Waals surface area (Å²) >= 11 is 0. The standard InChI is InChI=1S/C37H56N8O6.C2H6/c1-25(2)18-21-50-26(3)23-43-32(46)16-17-33(47)44-24-27-11-5-6-12-28(27)35(34(38)29-13-7-8-15-31(29)44)45(40)20-22-51-37(49)42-19-10-9-14-30(41-4)36(39)48;1-2/h5-8,11-13,15,25-26,30,41H,9-10,14,16-24,38,40H2,1-4H3,(H2,39,48)(H,42,49)(H,43,46);1-2H3/b35-34-;. The molecule has 1 heterocycles. The number of nitrogens with one attached hydrogen (secondary N) is 3. The first kappa shape index (κ1) is 44.5. The van der Waals surface area contributed by atoms with Crippen LogP contribution in [0.4, 0.5) is 10.5 Å². The van der Waals surface area contributed by atoms with Crippen LogP contribution >= 0.6 is 0 Å². The number of hydrogen-bond donors (Lipinski definition) is 6. The summed E-state index contributed by atoms with van der Waals surface area (Å²) in [5, 5.41) is 9.90. The van der Waals surface area contributed by atoms with Crippen molar-refractivity contribution in [3.8, 4) is 0 Å². The lowest BCUT2D eigenvalue weighted by molar-refractivity contribution is -0.125. The van der Waals surface area contributed by atoms with E-state index in [0.29, 0.717) is 67.5 Å². The predicted molar refractivity (Wildman–Crippen MR) is 210 cm³/mol. The molecule has 1 aliphatic rings. The van der Waals surface area contributed by atoms with Gasteiger partial charge in [-0.25, -0.2) is 10.6 Å². The van der Waals surface area contributed by atoms with Crippen molar-refractivity contribution in [2.45, 2.75) is 91.8 Å². The minimum atomic E-state index is -0.582. The number of nitrogens with two attached hydrogens (primary N) is 3. The van der Waals surface area contributed by atoms with Crippen molar-refractivity contribution in [2.75, 3.05) is 44.8 Å². The van der Waals surface area contributed by atoms with Gasteiger partial charge in [-0.3, -0.25) is 14.4 Å². The maximum atomic E-state index is 13.7. The Morgan fingerprint density at radius 2 is 1.58 bits per heavy atom. The largest absolute Gasteiger partial charge is 0.448 e. The van der Waals surface area contributed by atoms with Gasteiger partial charge >= 0.3 is 6.09 Å². The number of carbonyl (C=O) groups is 4. The molecular weight excluding hydrogens is 676 g/mol. The lowest BCUT2D eigenvalue weighted by Crippen LogP contribution is -2.39. The highest BCUT2D eigenvalue weighted by Crippen LogP contribution is 2.36. The Hall–Kier alpha value is -4.66. The van der Waals surface area contributed by atoms with E-state index in [1.165, 1.54) is 5.01 Å². The van der Waals surface area contributed by atoms with Crippen LogP contribution in [-0.4, -0.2) is 80.9 Å². The average molecular weight is 739 g/mol. The zero-order valence-corrected chi connectivity index (χ0v) is 32.4. The smallest absolute Gasteiger partial charge is 0.407 e. The van der Waals surface area contributed by atoms with Gasteiger partial charge in [0, 0.05) is 43.7 Å². The van der Waals surface area contributed by atoms with E-state index in [-0.39, 0.29) is 50.5 Å². The highest BCUT2D eigenvalue weighted by molar-refractivity contribution is 6.01. The van der Waals surface area contributed by atoms with Gasteiger partial charge < -0.3 is 46.8 Å². The van der Waals surface area contributed by atoms with Gasteiger partial charge in [-0.2, -0.15) is 0 Å². The molecule has 2 aromatic rings. The number of likely N-dealkylation sites (N-methyl/N-ethyl adjacent to an activating group) is 1. The molecule has 3 rings (SSSR count). The molecule has 14 nitrogen and oxygen atoms in total. The van der Waals surface area contributed by atoms with Gasteiger partial charge in [0.05, 0.1) is 42.3 Å². The molecule has 0 saturated heterocycles. The van der Waals surface area contributed by atoms with Crippen LogP contribution < -0.4 is 38.2 Å². The van der Waals surface area contributed by atoms with Gasteiger partial charge in [-0.05, 0) is 57.2 Å². The Balaban J connectivity index is 0.00000477. The fourth-order valence-corrected chi connectivity index (χ4v) is 5.64. The Labute approximate surface area is 315 Å². The molecule has 0 radical (unpaired) electrons. The van der Waals surface area contributed by atoms with Crippen LogP contribution in [-0.2, 0) is 30.4 Å². The van der Waals surface area contributed by atoms with E-state index < -0.39 is 18.0 Å². The van der Waals surface area contributed by atoms with E-state index in [1.807, 2.05) is 69.3 Å². The second kappa shape index (κ2) is 23.8. The molecule has 4 amide bonds. The molecular formula is C39H62N8O6. The molecule has 294 valence electrons. The Bertz CT molecular complexity index is 1500. The van der Waals surface area contributed by atoms with Gasteiger partial charge in [-0.15, -0.1) is 0 Å². The number of anilines is 1. The van der Waals surface area contributed by atoms with Crippen LogP contribution in [0.15, 0.2) is 48.5 Å².